The first-order valence-electron chi connectivity index (χ1n) is 11.0. The van der Waals surface area contributed by atoms with Gasteiger partial charge in [0.2, 0.25) is 0 Å². The van der Waals surface area contributed by atoms with Gasteiger partial charge in [-0.1, -0.05) is 84.6 Å². The third kappa shape index (κ3) is 4.64. The monoisotopic (exact) mass is 452 g/mol. The van der Waals surface area contributed by atoms with Gasteiger partial charge in [-0.25, -0.2) is 9.78 Å². The van der Waals surface area contributed by atoms with E-state index in [1.165, 1.54) is 21.9 Å². The number of aromatic nitrogens is 2. The Balaban J connectivity index is 1.49. The molecule has 5 heteroatoms. The van der Waals surface area contributed by atoms with Crippen molar-refractivity contribution < 1.29 is 9.53 Å². The molecule has 0 N–H and O–H groups in total. The summed E-state index contributed by atoms with van der Waals surface area (Å²) in [5.41, 5.74) is 4.80. The number of benzene rings is 4. The first-order valence-corrected chi connectivity index (χ1v) is 12.0. The molecule has 4 nitrogen and oxygen atoms in total. The smallest absolute Gasteiger partial charge is 0.338 e. The molecule has 0 spiro atoms. The summed E-state index contributed by atoms with van der Waals surface area (Å²) in [6.45, 7) is 2.88. The first kappa shape index (κ1) is 21.3. The Bertz CT molecular complexity index is 1430. The van der Waals surface area contributed by atoms with Gasteiger partial charge in [0.25, 0.3) is 0 Å². The van der Waals surface area contributed by atoms with E-state index in [0.29, 0.717) is 12.2 Å². The van der Waals surface area contributed by atoms with Crippen LogP contribution in [0.4, 0.5) is 0 Å². The molecule has 0 amide bonds. The first-order chi connectivity index (χ1) is 16.2. The van der Waals surface area contributed by atoms with E-state index >= 15 is 0 Å². The Hall–Kier alpha value is -3.57. The molecule has 0 aliphatic rings. The number of rotatable bonds is 7. The molecule has 33 heavy (non-hydrogen) atoms. The van der Waals surface area contributed by atoms with Crippen LogP contribution in [-0.4, -0.2) is 22.1 Å². The summed E-state index contributed by atoms with van der Waals surface area (Å²) in [7, 11) is 0. The molecule has 0 saturated carbocycles. The van der Waals surface area contributed by atoms with E-state index < -0.39 is 0 Å². The molecule has 1 aromatic heterocycles. The Kier molecular flexibility index (Phi) is 6.13. The van der Waals surface area contributed by atoms with Crippen molar-refractivity contribution in [2.75, 3.05) is 6.61 Å². The number of ether oxygens (including phenoxy) is 1. The van der Waals surface area contributed by atoms with Gasteiger partial charge >= 0.3 is 5.97 Å². The van der Waals surface area contributed by atoms with Crippen molar-refractivity contribution in [3.63, 3.8) is 0 Å². The summed E-state index contributed by atoms with van der Waals surface area (Å²) in [4.78, 5) is 17.1. The standard InChI is InChI=1S/C28H24N2O2S/c1-2-32-27(31)24-14-15-26-25(17-24)29-28(30(26)18-20-8-4-3-5-9-20)33-19-21-12-13-22-10-6-7-11-23(22)16-21/h3-17H,2,18-19H2,1H3. The molecule has 164 valence electrons. The molecular formula is C28H24N2O2S. The summed E-state index contributed by atoms with van der Waals surface area (Å²) in [6.07, 6.45) is 0. The molecule has 1 heterocycles. The Labute approximate surface area is 197 Å². The highest BCUT2D eigenvalue weighted by atomic mass is 32.2. The van der Waals surface area contributed by atoms with Crippen LogP contribution in [0.15, 0.2) is 96.2 Å². The van der Waals surface area contributed by atoms with Crippen LogP contribution in [0.2, 0.25) is 0 Å². The van der Waals surface area contributed by atoms with E-state index in [1.54, 1.807) is 11.8 Å². The number of carbonyl (C=O) groups excluding carboxylic acids is 1. The Morgan fingerprint density at radius 3 is 2.48 bits per heavy atom. The molecule has 0 aliphatic heterocycles. The SMILES string of the molecule is CCOC(=O)c1ccc2c(c1)nc(SCc1ccc3ccccc3c1)n2Cc1ccccc1. The van der Waals surface area contributed by atoms with Crippen molar-refractivity contribution in [2.45, 2.75) is 24.4 Å². The zero-order valence-corrected chi connectivity index (χ0v) is 19.2. The predicted molar refractivity (Wildman–Crippen MR) is 135 cm³/mol. The molecule has 0 aliphatic carbocycles. The molecular weight excluding hydrogens is 428 g/mol. The normalized spacial score (nSPS) is 11.2. The van der Waals surface area contributed by atoms with Crippen LogP contribution >= 0.6 is 11.8 Å². The minimum Gasteiger partial charge on any atom is -0.462 e. The van der Waals surface area contributed by atoms with E-state index in [4.69, 9.17) is 9.72 Å². The summed E-state index contributed by atoms with van der Waals surface area (Å²) >= 11 is 1.71. The van der Waals surface area contributed by atoms with Crippen LogP contribution in [0.5, 0.6) is 0 Å². The predicted octanol–water partition coefficient (Wildman–Crippen LogP) is 6.71. The molecule has 4 aromatic carbocycles. The number of imidazole rings is 1. The molecule has 0 bridgehead atoms. The van der Waals surface area contributed by atoms with Gasteiger partial charge in [-0.05, 0) is 47.0 Å². The molecule has 5 rings (SSSR count). The van der Waals surface area contributed by atoms with E-state index in [1.807, 2.05) is 31.2 Å². The van der Waals surface area contributed by atoms with Gasteiger partial charge in [0.05, 0.1) is 29.7 Å². The minimum atomic E-state index is -0.317. The fourth-order valence-corrected chi connectivity index (χ4v) is 4.91. The number of hydrogen-bond acceptors (Lipinski definition) is 4. The highest BCUT2D eigenvalue weighted by molar-refractivity contribution is 7.98. The zero-order chi connectivity index (χ0) is 22.6. The lowest BCUT2D eigenvalue weighted by molar-refractivity contribution is 0.0526. The summed E-state index contributed by atoms with van der Waals surface area (Å²) in [5, 5.41) is 3.42. The summed E-state index contributed by atoms with van der Waals surface area (Å²) < 4.78 is 7.40. The molecule has 0 saturated heterocycles. The van der Waals surface area contributed by atoms with Crippen molar-refractivity contribution >= 4 is 39.5 Å². The van der Waals surface area contributed by atoms with Gasteiger partial charge in [0.15, 0.2) is 5.16 Å². The maximum absolute atomic E-state index is 12.2. The molecule has 5 aromatic rings. The summed E-state index contributed by atoms with van der Waals surface area (Å²) in [6, 6.07) is 31.0. The second kappa shape index (κ2) is 9.51. The van der Waals surface area contributed by atoms with E-state index in [0.717, 1.165) is 28.5 Å². The lowest BCUT2D eigenvalue weighted by atomic mass is 10.1. The average molecular weight is 453 g/mol. The Morgan fingerprint density at radius 2 is 1.67 bits per heavy atom. The second-order valence-electron chi connectivity index (χ2n) is 7.86. The number of nitrogens with zero attached hydrogens (tertiary/aromatic N) is 2. The number of esters is 1. The molecule has 0 atom stereocenters. The van der Waals surface area contributed by atoms with Crippen LogP contribution < -0.4 is 0 Å². The van der Waals surface area contributed by atoms with Gasteiger partial charge in [0.1, 0.15) is 0 Å². The molecule has 0 radical (unpaired) electrons. The third-order valence-electron chi connectivity index (χ3n) is 5.59. The maximum atomic E-state index is 12.2. The van der Waals surface area contributed by atoms with Crippen molar-refractivity contribution in [1.29, 1.82) is 0 Å². The number of thioether (sulfide) groups is 1. The lowest BCUT2D eigenvalue weighted by Crippen LogP contribution is -2.04. The topological polar surface area (TPSA) is 44.1 Å². The third-order valence-corrected chi connectivity index (χ3v) is 6.64. The van der Waals surface area contributed by atoms with E-state index in [9.17, 15) is 4.79 Å². The zero-order valence-electron chi connectivity index (χ0n) is 18.4. The quantitative estimate of drug-likeness (QED) is 0.203. The van der Waals surface area contributed by atoms with E-state index in [-0.39, 0.29) is 5.97 Å². The van der Waals surface area contributed by atoms with Crippen molar-refractivity contribution in [3.05, 3.63) is 108 Å². The van der Waals surface area contributed by atoms with Gasteiger partial charge in [0, 0.05) is 5.75 Å². The fraction of sp³-hybridized carbons (Fsp3) is 0.143. The Morgan fingerprint density at radius 1 is 0.879 bits per heavy atom. The highest BCUT2D eigenvalue weighted by Gasteiger charge is 2.15. The highest BCUT2D eigenvalue weighted by Crippen LogP contribution is 2.29. The molecule has 0 fully saturated rings. The maximum Gasteiger partial charge on any atom is 0.338 e. The van der Waals surface area contributed by atoms with Crippen LogP contribution in [0.1, 0.15) is 28.4 Å². The van der Waals surface area contributed by atoms with Crippen molar-refractivity contribution in [1.82, 2.24) is 9.55 Å². The van der Waals surface area contributed by atoms with Gasteiger partial charge < -0.3 is 9.30 Å². The number of hydrogen-bond donors (Lipinski definition) is 0. The van der Waals surface area contributed by atoms with Crippen LogP contribution in [0.25, 0.3) is 21.8 Å². The van der Waals surface area contributed by atoms with E-state index in [2.05, 4.69) is 71.3 Å². The number of fused-ring (bicyclic) bond motifs is 2. The lowest BCUT2D eigenvalue weighted by Gasteiger charge is -2.10. The van der Waals surface area contributed by atoms with Gasteiger partial charge in [-0.3, -0.25) is 0 Å². The fourth-order valence-electron chi connectivity index (χ4n) is 3.95. The van der Waals surface area contributed by atoms with Crippen LogP contribution in [-0.2, 0) is 17.0 Å². The average Bonchev–Trinajstić information content (AvgIpc) is 3.19. The van der Waals surface area contributed by atoms with Crippen molar-refractivity contribution in [3.8, 4) is 0 Å². The second-order valence-corrected chi connectivity index (χ2v) is 8.80. The van der Waals surface area contributed by atoms with Crippen molar-refractivity contribution in [2.24, 2.45) is 0 Å². The largest absolute Gasteiger partial charge is 0.462 e. The minimum absolute atomic E-state index is 0.317. The molecule has 0 unspecified atom stereocenters. The van der Waals surface area contributed by atoms with Gasteiger partial charge in [-0.15, -0.1) is 0 Å². The number of carbonyl (C=O) groups is 1. The van der Waals surface area contributed by atoms with Gasteiger partial charge in [-0.2, -0.15) is 0 Å². The van der Waals surface area contributed by atoms with Crippen LogP contribution in [0.3, 0.4) is 0 Å². The van der Waals surface area contributed by atoms with Crippen LogP contribution in [0, 0.1) is 0 Å². The summed E-state index contributed by atoms with van der Waals surface area (Å²) in [5.74, 6) is 0.496.